The fraction of sp³-hybridized carbons (Fsp3) is 0. The van der Waals surface area contributed by atoms with Gasteiger partial charge in [-0.3, -0.25) is 0 Å². The van der Waals surface area contributed by atoms with Crippen LogP contribution in [0.4, 0.5) is 0 Å². The Morgan fingerprint density at radius 3 is 1.25 bits per heavy atom. The van der Waals surface area contributed by atoms with E-state index in [1.807, 2.05) is 23.9 Å². The molecule has 15 valence electrons. The van der Waals surface area contributed by atoms with Crippen LogP contribution in [-0.2, 0) is 18.6 Å². The Kier molecular flexibility index (Phi) is 67.3. The predicted molar refractivity (Wildman–Crippen MR) is 22.8 cm³/mol. The van der Waals surface area contributed by atoms with Crippen LogP contribution >= 0.6 is 0 Å². The van der Waals surface area contributed by atoms with Crippen molar-refractivity contribution in [1.29, 1.82) is 0 Å². The van der Waals surface area contributed by atoms with Gasteiger partial charge >= 0.3 is 72.8 Å². The van der Waals surface area contributed by atoms with Gasteiger partial charge in [-0.15, -0.1) is 0 Å². The predicted octanol–water partition coefficient (Wildman–Crippen LogP) is -2.22. The summed E-state index contributed by atoms with van der Waals surface area (Å²) in [4.78, 5) is 0. The van der Waals surface area contributed by atoms with E-state index in [1.54, 1.807) is 0 Å². The van der Waals surface area contributed by atoms with E-state index in [1.165, 1.54) is 0 Å². The van der Waals surface area contributed by atoms with E-state index in [0.29, 0.717) is 0 Å². The molecule has 0 saturated carbocycles. The minimum absolute atomic E-state index is 0. The molecule has 0 aliphatic carbocycles. The molecule has 0 amide bonds. The van der Waals surface area contributed by atoms with Crippen LogP contribution in [0.1, 0.15) is 0 Å². The molecule has 1 radical (unpaired) electrons. The van der Waals surface area contributed by atoms with Crippen molar-refractivity contribution >= 4 is 72.8 Å². The summed E-state index contributed by atoms with van der Waals surface area (Å²) in [6, 6.07) is 0. The summed E-state index contributed by atoms with van der Waals surface area (Å²) in [6.45, 7) is 0. The van der Waals surface area contributed by atoms with Gasteiger partial charge in [-0.2, -0.15) is 0 Å². The minimum Gasteiger partial charge on any atom is 0 e. The number of rotatable bonds is 0. The third-order valence-electron chi connectivity index (χ3n) is 0. The zero-order valence-corrected chi connectivity index (χ0v) is 3.84. The van der Waals surface area contributed by atoms with Gasteiger partial charge in [-0.05, 0) is 0 Å². The molecule has 0 aliphatic heterocycles. The van der Waals surface area contributed by atoms with Crippen molar-refractivity contribution in [3.05, 3.63) is 0 Å². The third kappa shape index (κ3) is 8.84. The summed E-state index contributed by atoms with van der Waals surface area (Å²) in [5.74, 6) is 0. The molecule has 0 aromatic rings. The van der Waals surface area contributed by atoms with Crippen LogP contribution in [0.15, 0.2) is 0 Å². The fourth-order valence-corrected chi connectivity index (χ4v) is 0. The first kappa shape index (κ1) is 15.8. The van der Waals surface area contributed by atoms with Gasteiger partial charge in [0.2, 0.25) is 0 Å². The van der Waals surface area contributed by atoms with Crippen molar-refractivity contribution < 1.29 is 18.6 Å². The first-order valence-corrected chi connectivity index (χ1v) is 1.00. The molecule has 0 aromatic heterocycles. The van der Waals surface area contributed by atoms with E-state index in [9.17, 15) is 0 Å². The molecular formula is H4BBaLiV. The zero-order valence-electron chi connectivity index (χ0n) is 2.45. The topological polar surface area (TPSA) is 0 Å². The molecule has 0 bridgehead atoms. The van der Waals surface area contributed by atoms with Crippen molar-refractivity contribution in [2.45, 2.75) is 0 Å². The van der Waals surface area contributed by atoms with Crippen molar-refractivity contribution in [3.8, 4) is 0 Å². The van der Waals surface area contributed by atoms with Crippen LogP contribution in [0.2, 0.25) is 0 Å². The second-order valence-corrected chi connectivity index (χ2v) is 0. The van der Waals surface area contributed by atoms with Crippen LogP contribution < -0.4 is 0 Å². The van der Waals surface area contributed by atoms with Crippen molar-refractivity contribution in [3.63, 3.8) is 0 Å². The Morgan fingerprint density at radius 1 is 1.25 bits per heavy atom. The maximum absolute atomic E-state index is 2.00. The molecule has 0 spiro atoms. The standard InChI is InChI=1S/BH2.Ba.Li.V.2H/h1H2;;;;;/q+1;;-1;;;. The Hall–Kier alpha value is 2.82. The van der Waals surface area contributed by atoms with E-state index >= 15 is 0 Å². The molecule has 0 rings (SSSR count). The van der Waals surface area contributed by atoms with Crippen LogP contribution in [0.5, 0.6) is 0 Å². The maximum Gasteiger partial charge on any atom is 0 e. The molecule has 0 aromatic carbocycles. The van der Waals surface area contributed by atoms with Crippen LogP contribution in [-0.4, -0.2) is 72.8 Å². The quantitative estimate of drug-likeness (QED) is 0.397. The number of hydrogen-bond donors (Lipinski definition) is 0. The molecule has 4 heteroatoms. The van der Waals surface area contributed by atoms with Gasteiger partial charge in [0.05, 0.1) is 0 Å². The Morgan fingerprint density at radius 2 is 1.25 bits per heavy atom. The maximum atomic E-state index is 2.00. The van der Waals surface area contributed by atoms with Crippen molar-refractivity contribution in [2.75, 3.05) is 0 Å². The summed E-state index contributed by atoms with van der Waals surface area (Å²) in [5.41, 5.74) is 0. The first-order chi connectivity index (χ1) is 1.00. The first-order valence-electron chi connectivity index (χ1n) is 1.00. The Bertz CT molecular complexity index is 8.00. The van der Waals surface area contributed by atoms with Gasteiger partial charge < -0.3 is 0 Å². The van der Waals surface area contributed by atoms with Gasteiger partial charge in [0.25, 0.3) is 0 Å². The van der Waals surface area contributed by atoms with Gasteiger partial charge in [-0.1, -0.05) is 0 Å². The van der Waals surface area contributed by atoms with Gasteiger partial charge in [0, 0.05) is 18.6 Å². The SMILES string of the molecule is [BaH2].[Li][BH2].[V]. The van der Waals surface area contributed by atoms with Crippen LogP contribution in [0.3, 0.4) is 0 Å². The number of hydrogen-bond acceptors (Lipinski definition) is 0. The normalized spacial score (nSPS) is 1.50. The minimum atomic E-state index is 0. The molecule has 0 saturated heterocycles. The molecule has 0 aliphatic rings. The molecule has 0 atom stereocenters. The molecule has 0 nitrogen and oxygen atoms in total. The molecular weight excluding hydrogens is 206 g/mol. The summed E-state index contributed by atoms with van der Waals surface area (Å²) >= 11 is 2.00. The molecule has 0 N–H and O–H groups in total. The third-order valence-corrected chi connectivity index (χ3v) is 0. The van der Waals surface area contributed by atoms with E-state index in [2.05, 4.69) is 0 Å². The summed E-state index contributed by atoms with van der Waals surface area (Å²) in [5, 5.41) is 0. The molecule has 0 unspecified atom stereocenters. The summed E-state index contributed by atoms with van der Waals surface area (Å²) in [7, 11) is 0. The second-order valence-electron chi connectivity index (χ2n) is 0. The largest absolute Gasteiger partial charge is 0 e. The average molecular weight is 210 g/mol. The van der Waals surface area contributed by atoms with Gasteiger partial charge in [-0.25, -0.2) is 0 Å². The van der Waals surface area contributed by atoms with Crippen LogP contribution in [0, 0.1) is 0 Å². The van der Waals surface area contributed by atoms with Crippen molar-refractivity contribution in [2.24, 2.45) is 0 Å². The zero-order chi connectivity index (χ0) is 2.00. The Labute approximate surface area is 89.2 Å². The van der Waals surface area contributed by atoms with Crippen molar-refractivity contribution in [1.82, 2.24) is 0 Å². The fourth-order valence-electron chi connectivity index (χ4n) is 0. The van der Waals surface area contributed by atoms with Crippen LogP contribution in [0.25, 0.3) is 0 Å². The van der Waals surface area contributed by atoms with E-state index < -0.39 is 0 Å². The van der Waals surface area contributed by atoms with E-state index in [-0.39, 0.29) is 67.4 Å². The molecule has 0 fully saturated rings. The summed E-state index contributed by atoms with van der Waals surface area (Å²) < 4.78 is 0. The Balaban J connectivity index is -0.00000000500. The summed E-state index contributed by atoms with van der Waals surface area (Å²) in [6.07, 6.45) is 2.00. The molecule has 0 heterocycles. The van der Waals surface area contributed by atoms with Gasteiger partial charge in [0.1, 0.15) is 0 Å². The smallest absolute Gasteiger partial charge is 0 e. The van der Waals surface area contributed by atoms with Gasteiger partial charge in [0.15, 0.2) is 0 Å². The van der Waals surface area contributed by atoms with E-state index in [0.717, 1.165) is 0 Å². The second kappa shape index (κ2) is 17.0. The monoisotopic (exact) mass is 211 g/mol. The van der Waals surface area contributed by atoms with E-state index in [4.69, 9.17) is 0 Å². The molecule has 4 heavy (non-hydrogen) atoms. The average Bonchev–Trinajstić information content (AvgIpc) is 1.00.